The van der Waals surface area contributed by atoms with Crippen molar-refractivity contribution in [2.24, 2.45) is 0 Å². The number of carbonyl (C=O) groups is 2. The van der Waals surface area contributed by atoms with Gasteiger partial charge in [0.15, 0.2) is 0 Å². The van der Waals surface area contributed by atoms with Gasteiger partial charge in [-0.2, -0.15) is 0 Å². The number of likely N-dealkylation sites (N-methyl/N-ethyl adjacent to an activating group) is 1. The number of nitrogens with zero attached hydrogens (tertiary/aromatic N) is 3. The van der Waals surface area contributed by atoms with Crippen LogP contribution in [0.3, 0.4) is 0 Å². The number of methoxy groups -OCH3 is 1. The van der Waals surface area contributed by atoms with Gasteiger partial charge in [-0.1, -0.05) is 30.8 Å². The highest BCUT2D eigenvalue weighted by Gasteiger charge is 2.29. The molecule has 2 fully saturated rings. The van der Waals surface area contributed by atoms with Crippen LogP contribution in [0.1, 0.15) is 70.9 Å². The number of benzene rings is 2. The molecule has 256 valence electrons. The maximum atomic E-state index is 13.9. The minimum absolute atomic E-state index is 0.0502. The third-order valence-corrected chi connectivity index (χ3v) is 10.1. The molecule has 0 radical (unpaired) electrons. The monoisotopic (exact) mass is 653 g/mol. The molecule has 5 rings (SSSR count). The van der Waals surface area contributed by atoms with Gasteiger partial charge in [-0.25, -0.2) is 0 Å². The molecule has 0 spiro atoms. The van der Waals surface area contributed by atoms with Gasteiger partial charge in [0.1, 0.15) is 0 Å². The average molecular weight is 654 g/mol. The summed E-state index contributed by atoms with van der Waals surface area (Å²) < 4.78 is 5.54. The molecule has 0 saturated carbocycles. The Labute approximate surface area is 285 Å². The first-order valence-corrected chi connectivity index (χ1v) is 17.3. The van der Waals surface area contributed by atoms with Crippen LogP contribution in [0.15, 0.2) is 59.9 Å². The SMILES string of the molecule is C=CC(=O)N1CCCC(N(CC)c2cc(-c3ccc(CN4CCC(OC)CC4)cc3)cc(C(=O)NCc3c(C)cc(C)[nH]c3=O)c2C)C1. The molecule has 2 aromatic carbocycles. The summed E-state index contributed by atoms with van der Waals surface area (Å²) in [5, 5.41) is 3.04. The van der Waals surface area contributed by atoms with Gasteiger partial charge < -0.3 is 24.8 Å². The van der Waals surface area contributed by atoms with Gasteiger partial charge in [0.05, 0.1) is 6.10 Å². The summed E-state index contributed by atoms with van der Waals surface area (Å²) in [5.41, 5.74) is 7.65. The van der Waals surface area contributed by atoms with E-state index in [0.29, 0.717) is 23.8 Å². The number of carbonyl (C=O) groups excluding carboxylic acids is 2. The highest BCUT2D eigenvalue weighted by Crippen LogP contribution is 2.34. The van der Waals surface area contributed by atoms with Gasteiger partial charge in [-0.3, -0.25) is 19.3 Å². The van der Waals surface area contributed by atoms with E-state index in [9.17, 15) is 14.4 Å². The standard InChI is InChI=1S/C39H51N5O4/c1-7-37(45)43-17-9-10-32(25-43)44(8-2)36-22-31(30-13-11-29(12-14-30)24-42-18-15-33(48-6)16-19-42)21-34(28(36)5)38(46)40-23-35-26(3)20-27(4)41-39(35)47/h7,11-14,20-22,32-33H,1,8-10,15-19,23-25H2,2-6H3,(H,40,46)(H,41,47). The fourth-order valence-corrected chi connectivity index (χ4v) is 7.29. The van der Waals surface area contributed by atoms with Gasteiger partial charge in [-0.05, 0) is 105 Å². The number of ether oxygens (including phenoxy) is 1. The molecule has 2 N–H and O–H groups in total. The van der Waals surface area contributed by atoms with E-state index in [1.807, 2.05) is 37.8 Å². The Morgan fingerprint density at radius 1 is 1.04 bits per heavy atom. The molecule has 2 aliphatic heterocycles. The largest absolute Gasteiger partial charge is 0.381 e. The number of aromatic nitrogens is 1. The summed E-state index contributed by atoms with van der Waals surface area (Å²) in [6.45, 7) is 16.7. The smallest absolute Gasteiger partial charge is 0.253 e. The molecule has 3 aromatic rings. The van der Waals surface area contributed by atoms with E-state index < -0.39 is 0 Å². The normalized spacial score (nSPS) is 17.3. The second-order valence-electron chi connectivity index (χ2n) is 13.3. The number of hydrogen-bond acceptors (Lipinski definition) is 6. The van der Waals surface area contributed by atoms with Crippen molar-refractivity contribution >= 4 is 17.5 Å². The summed E-state index contributed by atoms with van der Waals surface area (Å²) in [4.78, 5) is 48.7. The lowest BCUT2D eigenvalue weighted by Crippen LogP contribution is -2.50. The summed E-state index contributed by atoms with van der Waals surface area (Å²) in [5.74, 6) is -0.278. The van der Waals surface area contributed by atoms with Crippen LogP contribution in [0.2, 0.25) is 0 Å². The van der Waals surface area contributed by atoms with Crippen LogP contribution in [-0.4, -0.2) is 78.6 Å². The highest BCUT2D eigenvalue weighted by molar-refractivity contribution is 5.99. The van der Waals surface area contributed by atoms with Crippen LogP contribution in [0.5, 0.6) is 0 Å². The molecule has 2 saturated heterocycles. The summed E-state index contributed by atoms with van der Waals surface area (Å²) in [6.07, 6.45) is 5.71. The third-order valence-electron chi connectivity index (χ3n) is 10.1. The Hall–Kier alpha value is -4.21. The minimum atomic E-state index is -0.228. The second-order valence-corrected chi connectivity index (χ2v) is 13.3. The lowest BCUT2D eigenvalue weighted by atomic mass is 9.94. The number of aromatic amines is 1. The summed E-state index contributed by atoms with van der Waals surface area (Å²) in [7, 11) is 1.80. The van der Waals surface area contributed by atoms with Crippen LogP contribution in [-0.2, 0) is 22.6 Å². The maximum Gasteiger partial charge on any atom is 0.253 e. The molecule has 1 atom stereocenters. The lowest BCUT2D eigenvalue weighted by Gasteiger charge is -2.41. The van der Waals surface area contributed by atoms with Crippen LogP contribution < -0.4 is 15.8 Å². The molecule has 2 amide bonds. The number of amides is 2. The zero-order valence-corrected chi connectivity index (χ0v) is 29.2. The first-order valence-electron chi connectivity index (χ1n) is 17.3. The van der Waals surface area contributed by atoms with E-state index in [1.54, 1.807) is 7.11 Å². The average Bonchev–Trinajstić information content (AvgIpc) is 3.09. The highest BCUT2D eigenvalue weighted by atomic mass is 16.5. The first-order chi connectivity index (χ1) is 23.1. The van der Waals surface area contributed by atoms with E-state index in [2.05, 4.69) is 63.9 Å². The van der Waals surface area contributed by atoms with Gasteiger partial charge in [-0.15, -0.1) is 0 Å². The Morgan fingerprint density at radius 2 is 1.77 bits per heavy atom. The molecule has 0 aliphatic carbocycles. The van der Waals surface area contributed by atoms with Gasteiger partial charge in [0.2, 0.25) is 5.91 Å². The molecule has 1 unspecified atom stereocenters. The number of likely N-dealkylation sites (tertiary alicyclic amines) is 2. The van der Waals surface area contributed by atoms with E-state index in [0.717, 1.165) is 92.0 Å². The Balaban J connectivity index is 1.46. The molecule has 9 heteroatoms. The maximum absolute atomic E-state index is 13.9. The number of nitrogens with one attached hydrogen (secondary N) is 2. The predicted octanol–water partition coefficient (Wildman–Crippen LogP) is 5.51. The van der Waals surface area contributed by atoms with Crippen molar-refractivity contribution in [1.29, 1.82) is 0 Å². The molecular formula is C39H51N5O4. The quantitative estimate of drug-likeness (QED) is 0.265. The second kappa shape index (κ2) is 15.8. The van der Waals surface area contributed by atoms with Crippen LogP contribution >= 0.6 is 0 Å². The van der Waals surface area contributed by atoms with E-state index in [-0.39, 0.29) is 30.0 Å². The fourth-order valence-electron chi connectivity index (χ4n) is 7.29. The van der Waals surface area contributed by atoms with Crippen molar-refractivity contribution in [2.45, 2.75) is 78.6 Å². The molecule has 9 nitrogen and oxygen atoms in total. The molecule has 2 aliphatic rings. The summed E-state index contributed by atoms with van der Waals surface area (Å²) >= 11 is 0. The van der Waals surface area contributed by atoms with Crippen molar-refractivity contribution in [3.8, 4) is 11.1 Å². The lowest BCUT2D eigenvalue weighted by molar-refractivity contribution is -0.127. The molecule has 3 heterocycles. The number of pyridine rings is 1. The van der Waals surface area contributed by atoms with E-state index >= 15 is 0 Å². The first kappa shape index (κ1) is 35.1. The molecule has 0 bridgehead atoms. The van der Waals surface area contributed by atoms with Gasteiger partial charge >= 0.3 is 0 Å². The van der Waals surface area contributed by atoms with Crippen molar-refractivity contribution < 1.29 is 14.3 Å². The Bertz CT molecular complexity index is 1670. The van der Waals surface area contributed by atoms with Crippen LogP contribution in [0, 0.1) is 20.8 Å². The summed E-state index contributed by atoms with van der Waals surface area (Å²) in [6, 6.07) is 14.8. The molecule has 48 heavy (non-hydrogen) atoms. The van der Waals surface area contributed by atoms with E-state index in [4.69, 9.17) is 4.74 Å². The number of aryl methyl sites for hydroxylation is 2. The van der Waals surface area contributed by atoms with Crippen molar-refractivity contribution in [1.82, 2.24) is 20.1 Å². The zero-order chi connectivity index (χ0) is 34.4. The zero-order valence-electron chi connectivity index (χ0n) is 29.2. The third kappa shape index (κ3) is 8.08. The number of hydrogen-bond donors (Lipinski definition) is 2. The van der Waals surface area contributed by atoms with Crippen molar-refractivity contribution in [3.63, 3.8) is 0 Å². The van der Waals surface area contributed by atoms with Gasteiger partial charge in [0.25, 0.3) is 11.5 Å². The number of rotatable bonds is 11. The molecule has 1 aromatic heterocycles. The minimum Gasteiger partial charge on any atom is -0.381 e. The molecular weight excluding hydrogens is 602 g/mol. The van der Waals surface area contributed by atoms with Crippen molar-refractivity contribution in [2.75, 3.05) is 44.7 Å². The van der Waals surface area contributed by atoms with Crippen molar-refractivity contribution in [3.05, 3.63) is 99.0 Å². The van der Waals surface area contributed by atoms with Gasteiger partial charge in [0, 0.05) is 81.5 Å². The Morgan fingerprint density at radius 3 is 2.42 bits per heavy atom. The topological polar surface area (TPSA) is 98.0 Å². The van der Waals surface area contributed by atoms with Crippen LogP contribution in [0.4, 0.5) is 5.69 Å². The fraction of sp³-hybridized carbons (Fsp3) is 0.462. The number of piperidine rings is 2. The van der Waals surface area contributed by atoms with E-state index in [1.165, 1.54) is 11.6 Å². The Kier molecular flexibility index (Phi) is 11.5. The number of H-pyrrole nitrogens is 1. The predicted molar refractivity (Wildman–Crippen MR) is 192 cm³/mol. The van der Waals surface area contributed by atoms with Crippen LogP contribution in [0.25, 0.3) is 11.1 Å². The number of anilines is 1.